The third-order valence-corrected chi connectivity index (χ3v) is 10.8. The van der Waals surface area contributed by atoms with E-state index in [0.717, 1.165) is 36.4 Å². The van der Waals surface area contributed by atoms with Gasteiger partial charge in [0.2, 0.25) is 0 Å². The molecule has 0 radical (unpaired) electrons. The van der Waals surface area contributed by atoms with E-state index in [2.05, 4.69) is 173 Å². The highest BCUT2D eigenvalue weighted by Gasteiger charge is 2.34. The summed E-state index contributed by atoms with van der Waals surface area (Å²) >= 11 is 0. The molecule has 2 aliphatic rings. The second kappa shape index (κ2) is 12.4. The Labute approximate surface area is 299 Å². The number of nitrogens with zero attached hydrogens (tertiary/aromatic N) is 3. The number of aromatic nitrogens is 3. The van der Waals surface area contributed by atoms with Gasteiger partial charge in [0.1, 0.15) is 11.5 Å². The van der Waals surface area contributed by atoms with Crippen LogP contribution in [0.25, 0.3) is 50.2 Å². The lowest BCUT2D eigenvalue weighted by atomic mass is 9.85. The molecular weight excluding hydrogens is 621 g/mol. The Hall–Kier alpha value is -6.00. The molecule has 0 saturated heterocycles. The zero-order chi connectivity index (χ0) is 34.6. The SMILES string of the molecule is CC.Cc1c(/C(C2=Cc3ccccc3CC2)=C2\Cc3ccccc3N2c2cc3c4ccccc4n(-c4ccccc4)c3[nH]2)n(C)c2ccccc12. The summed E-state index contributed by atoms with van der Waals surface area (Å²) in [6, 6.07) is 48.5. The highest BCUT2D eigenvalue weighted by Crippen LogP contribution is 2.49. The first-order valence-corrected chi connectivity index (χ1v) is 18.3. The second-order valence-electron chi connectivity index (χ2n) is 13.5. The van der Waals surface area contributed by atoms with Gasteiger partial charge in [-0.15, -0.1) is 0 Å². The van der Waals surface area contributed by atoms with Crippen molar-refractivity contribution in [2.75, 3.05) is 4.90 Å². The van der Waals surface area contributed by atoms with Crippen LogP contribution < -0.4 is 4.90 Å². The summed E-state index contributed by atoms with van der Waals surface area (Å²) in [6.07, 6.45) is 5.35. The molecule has 0 amide bonds. The predicted molar refractivity (Wildman–Crippen MR) is 216 cm³/mol. The normalized spacial score (nSPS) is 14.7. The van der Waals surface area contributed by atoms with Gasteiger partial charge < -0.3 is 9.55 Å². The molecule has 1 N–H and O–H groups in total. The van der Waals surface area contributed by atoms with Gasteiger partial charge in [0.15, 0.2) is 0 Å². The number of hydrogen-bond donors (Lipinski definition) is 1. The summed E-state index contributed by atoms with van der Waals surface area (Å²) in [7, 11) is 2.24. The molecular formula is C47H42N4. The summed E-state index contributed by atoms with van der Waals surface area (Å²) in [5, 5.41) is 3.79. The average Bonchev–Trinajstić information content (AvgIpc) is 3.92. The van der Waals surface area contributed by atoms with Gasteiger partial charge in [-0.25, -0.2) is 0 Å². The van der Waals surface area contributed by atoms with Crippen molar-refractivity contribution >= 4 is 56.0 Å². The Bertz CT molecular complexity index is 2620. The van der Waals surface area contributed by atoms with Crippen molar-refractivity contribution < 1.29 is 0 Å². The van der Waals surface area contributed by atoms with Gasteiger partial charge in [0, 0.05) is 52.1 Å². The van der Waals surface area contributed by atoms with E-state index in [1.54, 1.807) is 0 Å². The fourth-order valence-electron chi connectivity index (χ4n) is 8.59. The Morgan fingerprint density at radius 1 is 0.647 bits per heavy atom. The van der Waals surface area contributed by atoms with Gasteiger partial charge in [-0.05, 0) is 84.0 Å². The minimum Gasteiger partial charge on any atom is -0.343 e. The average molecular weight is 663 g/mol. The standard InChI is InChI=1S/C45H36N4.C2H6/c1-29-35-19-9-12-22-39(35)47(2)44(29)43(33-25-24-30-14-6-7-15-31(30)26-33)41-27-32-16-8-11-21-38(32)49(41)42-28-37-36-20-10-13-23-40(36)48(45(37)46-42)34-17-4-3-5-18-34;1-2/h3-23,26,28,46H,24-25,27H2,1-2H3;1-2H3/b43-41+;. The van der Waals surface area contributed by atoms with Gasteiger partial charge in [-0.1, -0.05) is 117 Å². The molecule has 4 heteroatoms. The number of fused-ring (bicyclic) bond motifs is 6. The number of aryl methyl sites for hydroxylation is 3. The van der Waals surface area contributed by atoms with Crippen LogP contribution in [0.3, 0.4) is 0 Å². The molecule has 250 valence electrons. The number of H-pyrrole nitrogens is 1. The number of benzene rings is 5. The van der Waals surface area contributed by atoms with Crippen molar-refractivity contribution in [3.63, 3.8) is 0 Å². The lowest BCUT2D eigenvalue weighted by Crippen LogP contribution is -2.17. The molecule has 10 rings (SSSR count). The van der Waals surface area contributed by atoms with Crippen molar-refractivity contribution in [2.24, 2.45) is 7.05 Å². The van der Waals surface area contributed by atoms with E-state index in [1.165, 1.54) is 77.7 Å². The van der Waals surface area contributed by atoms with Crippen molar-refractivity contribution in [1.82, 2.24) is 14.1 Å². The van der Waals surface area contributed by atoms with Gasteiger partial charge in [0.25, 0.3) is 0 Å². The number of allylic oxidation sites excluding steroid dienone is 3. The molecule has 4 nitrogen and oxygen atoms in total. The maximum atomic E-state index is 3.97. The van der Waals surface area contributed by atoms with Gasteiger partial charge in [0.05, 0.1) is 16.9 Å². The summed E-state index contributed by atoms with van der Waals surface area (Å²) < 4.78 is 4.80. The van der Waals surface area contributed by atoms with Crippen LogP contribution in [-0.4, -0.2) is 14.1 Å². The molecule has 1 aliphatic heterocycles. The zero-order valence-corrected chi connectivity index (χ0v) is 29.7. The van der Waals surface area contributed by atoms with Crippen LogP contribution in [0.1, 0.15) is 48.2 Å². The lowest BCUT2D eigenvalue weighted by Gasteiger charge is -2.27. The highest BCUT2D eigenvalue weighted by atomic mass is 15.2. The third kappa shape index (κ3) is 4.81. The van der Waals surface area contributed by atoms with E-state index in [1.807, 2.05) is 13.8 Å². The smallest absolute Gasteiger partial charge is 0.124 e. The number of nitrogens with one attached hydrogen (secondary N) is 1. The molecule has 0 atom stereocenters. The van der Waals surface area contributed by atoms with E-state index in [9.17, 15) is 0 Å². The lowest BCUT2D eigenvalue weighted by molar-refractivity contribution is 0.911. The first-order chi connectivity index (χ1) is 25.2. The van der Waals surface area contributed by atoms with E-state index < -0.39 is 0 Å². The summed E-state index contributed by atoms with van der Waals surface area (Å²) in [4.78, 5) is 6.50. The van der Waals surface area contributed by atoms with Crippen LogP contribution in [0.5, 0.6) is 0 Å². The molecule has 0 unspecified atom stereocenters. The molecule has 0 saturated carbocycles. The van der Waals surface area contributed by atoms with Crippen LogP contribution in [0.15, 0.2) is 145 Å². The van der Waals surface area contributed by atoms with Crippen molar-refractivity contribution in [3.05, 3.63) is 173 Å². The van der Waals surface area contributed by atoms with Gasteiger partial charge in [-0.3, -0.25) is 9.47 Å². The van der Waals surface area contributed by atoms with E-state index in [4.69, 9.17) is 0 Å². The number of anilines is 2. The Balaban J connectivity index is 0.00000171. The summed E-state index contributed by atoms with van der Waals surface area (Å²) in [6.45, 7) is 6.31. The quantitative estimate of drug-likeness (QED) is 0.200. The minimum absolute atomic E-state index is 0.855. The first-order valence-electron chi connectivity index (χ1n) is 18.3. The van der Waals surface area contributed by atoms with E-state index in [0.29, 0.717) is 0 Å². The monoisotopic (exact) mass is 662 g/mol. The molecule has 0 fully saturated rings. The number of rotatable bonds is 4. The molecule has 0 bridgehead atoms. The highest BCUT2D eigenvalue weighted by molar-refractivity contribution is 6.10. The van der Waals surface area contributed by atoms with E-state index >= 15 is 0 Å². The van der Waals surface area contributed by atoms with Crippen LogP contribution >= 0.6 is 0 Å². The van der Waals surface area contributed by atoms with Crippen LogP contribution in [0.4, 0.5) is 11.5 Å². The predicted octanol–water partition coefficient (Wildman–Crippen LogP) is 12.1. The topological polar surface area (TPSA) is 28.9 Å². The minimum atomic E-state index is 0.855. The Kier molecular flexibility index (Phi) is 7.54. The molecule has 4 heterocycles. The Morgan fingerprint density at radius 2 is 1.31 bits per heavy atom. The fraction of sp³-hybridized carbons (Fsp3) is 0.149. The number of hydrogen-bond acceptors (Lipinski definition) is 1. The molecule has 1 aliphatic carbocycles. The molecule has 51 heavy (non-hydrogen) atoms. The fourth-order valence-corrected chi connectivity index (χ4v) is 8.59. The van der Waals surface area contributed by atoms with Crippen molar-refractivity contribution in [3.8, 4) is 5.69 Å². The molecule has 8 aromatic rings. The maximum absolute atomic E-state index is 3.97. The number of aromatic amines is 1. The molecule has 0 spiro atoms. The van der Waals surface area contributed by atoms with Gasteiger partial charge in [-0.2, -0.15) is 0 Å². The summed E-state index contributed by atoms with van der Waals surface area (Å²) in [5.41, 5.74) is 16.8. The van der Waals surface area contributed by atoms with Crippen LogP contribution in [-0.2, 0) is 19.9 Å². The molecule has 5 aromatic carbocycles. The van der Waals surface area contributed by atoms with Crippen molar-refractivity contribution in [2.45, 2.75) is 40.0 Å². The van der Waals surface area contributed by atoms with Crippen molar-refractivity contribution in [1.29, 1.82) is 0 Å². The van der Waals surface area contributed by atoms with E-state index in [-0.39, 0.29) is 0 Å². The molecule has 3 aromatic heterocycles. The second-order valence-corrected chi connectivity index (χ2v) is 13.5. The van der Waals surface area contributed by atoms with Crippen LogP contribution in [0, 0.1) is 6.92 Å². The largest absolute Gasteiger partial charge is 0.343 e. The maximum Gasteiger partial charge on any atom is 0.124 e. The van der Waals surface area contributed by atoms with Gasteiger partial charge >= 0.3 is 0 Å². The number of para-hydroxylation sites is 4. The summed E-state index contributed by atoms with van der Waals surface area (Å²) in [5.74, 6) is 1.09. The first kappa shape index (κ1) is 31.0. The third-order valence-electron chi connectivity index (χ3n) is 10.8. The Morgan fingerprint density at radius 3 is 2.12 bits per heavy atom. The zero-order valence-electron chi connectivity index (χ0n) is 29.7. The van der Waals surface area contributed by atoms with Crippen LogP contribution in [0.2, 0.25) is 0 Å².